The van der Waals surface area contributed by atoms with Crippen molar-refractivity contribution in [3.63, 3.8) is 0 Å². The lowest BCUT2D eigenvalue weighted by molar-refractivity contribution is -0.146. The first-order valence-corrected chi connectivity index (χ1v) is 7.98. The first-order valence-electron chi connectivity index (χ1n) is 7.98. The Morgan fingerprint density at radius 2 is 2.14 bits per heavy atom. The van der Waals surface area contributed by atoms with Crippen molar-refractivity contribution >= 4 is 11.6 Å². The van der Waals surface area contributed by atoms with Crippen molar-refractivity contribution < 1.29 is 14.0 Å². The molecular formula is C17H21FN2O2. The molecule has 0 saturated carbocycles. The molecule has 0 aromatic heterocycles. The Hall–Kier alpha value is -1.91. The van der Waals surface area contributed by atoms with E-state index in [4.69, 9.17) is 4.84 Å². The lowest BCUT2D eigenvalue weighted by Gasteiger charge is -2.36. The average Bonchev–Trinajstić information content (AvgIpc) is 3.05. The van der Waals surface area contributed by atoms with Gasteiger partial charge in [0.05, 0.1) is 5.71 Å². The summed E-state index contributed by atoms with van der Waals surface area (Å²) < 4.78 is 13.0. The van der Waals surface area contributed by atoms with Crippen molar-refractivity contribution in [2.24, 2.45) is 5.16 Å². The number of likely N-dealkylation sites (tertiary alicyclic amines) is 1. The van der Waals surface area contributed by atoms with Gasteiger partial charge in [-0.15, -0.1) is 0 Å². The third-order valence-electron chi connectivity index (χ3n) is 4.50. The van der Waals surface area contributed by atoms with Gasteiger partial charge in [-0.2, -0.15) is 0 Å². The summed E-state index contributed by atoms with van der Waals surface area (Å²) in [6, 6.07) is 6.44. The normalized spacial score (nSPS) is 24.8. The fourth-order valence-corrected chi connectivity index (χ4v) is 3.22. The summed E-state index contributed by atoms with van der Waals surface area (Å²) in [7, 11) is 0. The Morgan fingerprint density at radius 1 is 1.36 bits per heavy atom. The monoisotopic (exact) mass is 304 g/mol. The lowest BCUT2D eigenvalue weighted by atomic mass is 9.98. The van der Waals surface area contributed by atoms with E-state index in [9.17, 15) is 9.18 Å². The smallest absolute Gasteiger partial charge is 0.267 e. The van der Waals surface area contributed by atoms with Gasteiger partial charge in [0.25, 0.3) is 5.91 Å². The minimum Gasteiger partial charge on any atom is -0.382 e. The molecule has 0 bridgehead atoms. The minimum absolute atomic E-state index is 0.0346. The highest BCUT2D eigenvalue weighted by atomic mass is 19.1. The predicted molar refractivity (Wildman–Crippen MR) is 82.1 cm³/mol. The van der Waals surface area contributed by atoms with E-state index in [-0.39, 0.29) is 11.7 Å². The molecule has 0 radical (unpaired) electrons. The van der Waals surface area contributed by atoms with Crippen molar-refractivity contribution in [2.45, 2.75) is 51.2 Å². The SMILES string of the molecule is CC[C@H]1CCCCN1C(=O)[C@@H]1CC(c2ccc(F)cc2)=NO1. The number of amides is 1. The van der Waals surface area contributed by atoms with E-state index in [1.165, 1.54) is 18.6 Å². The summed E-state index contributed by atoms with van der Waals surface area (Å²) in [5, 5.41) is 4.03. The molecule has 0 N–H and O–H groups in total. The maximum atomic E-state index is 13.0. The molecule has 2 aliphatic heterocycles. The maximum absolute atomic E-state index is 13.0. The molecule has 0 unspecified atom stereocenters. The van der Waals surface area contributed by atoms with Crippen molar-refractivity contribution in [1.82, 2.24) is 4.90 Å². The van der Waals surface area contributed by atoms with Gasteiger partial charge in [-0.1, -0.05) is 24.2 Å². The van der Waals surface area contributed by atoms with Crippen LogP contribution in [0.3, 0.4) is 0 Å². The van der Waals surface area contributed by atoms with Crippen LogP contribution in [-0.2, 0) is 9.63 Å². The highest BCUT2D eigenvalue weighted by Crippen LogP contribution is 2.24. The van der Waals surface area contributed by atoms with E-state index in [1.807, 2.05) is 4.90 Å². The lowest BCUT2D eigenvalue weighted by Crippen LogP contribution is -2.48. The van der Waals surface area contributed by atoms with Gasteiger partial charge in [-0.3, -0.25) is 4.79 Å². The van der Waals surface area contributed by atoms with Crippen LogP contribution in [-0.4, -0.2) is 35.2 Å². The summed E-state index contributed by atoms with van der Waals surface area (Å²) >= 11 is 0. The Bertz CT molecular complexity index is 571. The Labute approximate surface area is 129 Å². The van der Waals surface area contributed by atoms with E-state index in [0.29, 0.717) is 18.2 Å². The molecule has 1 aromatic rings. The quantitative estimate of drug-likeness (QED) is 0.861. The van der Waals surface area contributed by atoms with Crippen LogP contribution >= 0.6 is 0 Å². The van der Waals surface area contributed by atoms with E-state index >= 15 is 0 Å². The summed E-state index contributed by atoms with van der Waals surface area (Å²) in [4.78, 5) is 20.0. The average molecular weight is 304 g/mol. The van der Waals surface area contributed by atoms with Gasteiger partial charge in [0.15, 0.2) is 0 Å². The Balaban J connectivity index is 1.65. The van der Waals surface area contributed by atoms with Gasteiger partial charge < -0.3 is 9.74 Å². The van der Waals surface area contributed by atoms with E-state index in [2.05, 4.69) is 12.1 Å². The second-order valence-corrected chi connectivity index (χ2v) is 5.93. The molecule has 1 fully saturated rings. The van der Waals surface area contributed by atoms with Crippen LogP contribution in [0.25, 0.3) is 0 Å². The second-order valence-electron chi connectivity index (χ2n) is 5.93. The number of carbonyl (C=O) groups excluding carboxylic acids is 1. The zero-order valence-electron chi connectivity index (χ0n) is 12.8. The van der Waals surface area contributed by atoms with Gasteiger partial charge in [0.2, 0.25) is 6.10 Å². The number of oxime groups is 1. The molecule has 4 nitrogen and oxygen atoms in total. The molecule has 2 aliphatic rings. The van der Waals surface area contributed by atoms with E-state index in [0.717, 1.165) is 31.4 Å². The van der Waals surface area contributed by atoms with Gasteiger partial charge in [-0.25, -0.2) is 4.39 Å². The topological polar surface area (TPSA) is 41.9 Å². The second kappa shape index (κ2) is 6.46. The Morgan fingerprint density at radius 3 is 2.86 bits per heavy atom. The zero-order chi connectivity index (χ0) is 15.5. The summed E-state index contributed by atoms with van der Waals surface area (Å²) in [5.41, 5.74) is 1.52. The molecule has 0 aliphatic carbocycles. The number of piperidine rings is 1. The zero-order valence-corrected chi connectivity index (χ0v) is 12.8. The highest BCUT2D eigenvalue weighted by Gasteiger charge is 2.35. The fourth-order valence-electron chi connectivity index (χ4n) is 3.22. The number of benzene rings is 1. The molecule has 3 rings (SSSR count). The molecular weight excluding hydrogens is 283 g/mol. The molecule has 2 atom stereocenters. The minimum atomic E-state index is -0.535. The van der Waals surface area contributed by atoms with E-state index < -0.39 is 6.10 Å². The number of hydrogen-bond acceptors (Lipinski definition) is 3. The van der Waals surface area contributed by atoms with Crippen LogP contribution in [0, 0.1) is 5.82 Å². The fraction of sp³-hybridized carbons (Fsp3) is 0.529. The van der Waals surface area contributed by atoms with Crippen molar-refractivity contribution in [3.8, 4) is 0 Å². The summed E-state index contributed by atoms with van der Waals surface area (Å²) in [6.07, 6.45) is 4.21. The molecule has 2 heterocycles. The predicted octanol–water partition coefficient (Wildman–Crippen LogP) is 3.11. The highest BCUT2D eigenvalue weighted by molar-refractivity contribution is 6.04. The number of rotatable bonds is 3. The molecule has 1 saturated heterocycles. The van der Waals surface area contributed by atoms with Crippen molar-refractivity contribution in [1.29, 1.82) is 0 Å². The van der Waals surface area contributed by atoms with Crippen LogP contribution in [0.1, 0.15) is 44.6 Å². The molecule has 118 valence electrons. The largest absolute Gasteiger partial charge is 0.382 e. The van der Waals surface area contributed by atoms with Crippen LogP contribution in [0.5, 0.6) is 0 Å². The molecule has 1 amide bonds. The van der Waals surface area contributed by atoms with Gasteiger partial charge in [0.1, 0.15) is 5.82 Å². The van der Waals surface area contributed by atoms with Crippen LogP contribution in [0.4, 0.5) is 4.39 Å². The Kier molecular flexibility index (Phi) is 4.41. The van der Waals surface area contributed by atoms with Crippen LogP contribution in [0.15, 0.2) is 29.4 Å². The standard InChI is InChI=1S/C17H21FN2O2/c1-2-14-5-3-4-10-20(14)17(21)16-11-15(19-22-16)12-6-8-13(18)9-7-12/h6-9,14,16H,2-5,10-11H2,1H3/t14-,16-/m0/s1. The number of nitrogens with zero attached hydrogens (tertiary/aromatic N) is 2. The van der Waals surface area contributed by atoms with Gasteiger partial charge >= 0.3 is 0 Å². The molecule has 22 heavy (non-hydrogen) atoms. The van der Waals surface area contributed by atoms with Gasteiger partial charge in [-0.05, 0) is 43.4 Å². The third kappa shape index (κ3) is 2.98. The third-order valence-corrected chi connectivity index (χ3v) is 4.50. The van der Waals surface area contributed by atoms with Crippen molar-refractivity contribution in [3.05, 3.63) is 35.6 Å². The van der Waals surface area contributed by atoms with E-state index in [1.54, 1.807) is 12.1 Å². The first-order chi connectivity index (χ1) is 10.7. The number of carbonyl (C=O) groups is 1. The number of halogens is 1. The summed E-state index contributed by atoms with van der Waals surface area (Å²) in [5.74, 6) is -0.248. The van der Waals surface area contributed by atoms with Gasteiger partial charge in [0, 0.05) is 19.0 Å². The maximum Gasteiger partial charge on any atom is 0.267 e. The van der Waals surface area contributed by atoms with Crippen LogP contribution in [0.2, 0.25) is 0 Å². The van der Waals surface area contributed by atoms with Crippen molar-refractivity contribution in [2.75, 3.05) is 6.54 Å². The summed E-state index contributed by atoms with van der Waals surface area (Å²) in [6.45, 7) is 2.93. The first kappa shape index (κ1) is 15.0. The molecule has 1 aromatic carbocycles. The molecule has 0 spiro atoms. The molecule has 5 heteroatoms. The number of hydrogen-bond donors (Lipinski definition) is 0. The van der Waals surface area contributed by atoms with Crippen LogP contribution < -0.4 is 0 Å².